The summed E-state index contributed by atoms with van der Waals surface area (Å²) >= 11 is 0. The van der Waals surface area contributed by atoms with Crippen molar-refractivity contribution in [2.24, 2.45) is 16.6 Å². The molecule has 1 fully saturated rings. The average molecular weight is 431 g/mol. The number of ether oxygens (including phenoxy) is 1. The summed E-state index contributed by atoms with van der Waals surface area (Å²) in [4.78, 5) is 4.41. The van der Waals surface area contributed by atoms with Gasteiger partial charge in [0.2, 0.25) is 0 Å². The number of anilines is 1. The van der Waals surface area contributed by atoms with Crippen LogP contribution < -0.4 is 11.1 Å². The van der Waals surface area contributed by atoms with E-state index in [4.69, 9.17) is 10.5 Å². The maximum absolute atomic E-state index is 6.02. The Morgan fingerprint density at radius 3 is 2.48 bits per heavy atom. The Labute approximate surface area is 157 Å². The largest absolute Gasteiger partial charge is 0.381 e. The third kappa shape index (κ3) is 7.08. The second-order valence-corrected chi connectivity index (χ2v) is 5.92. The summed E-state index contributed by atoms with van der Waals surface area (Å²) in [5.41, 5.74) is 9.71. The maximum atomic E-state index is 6.02. The Morgan fingerprint density at radius 1 is 1.26 bits per heavy atom. The lowest BCUT2D eigenvalue weighted by molar-refractivity contribution is 0.123. The summed E-state index contributed by atoms with van der Waals surface area (Å²) in [6, 6.07) is 6.38. The number of guanidine groups is 1. The van der Waals surface area contributed by atoms with Gasteiger partial charge in [-0.25, -0.2) is 0 Å². The van der Waals surface area contributed by atoms with E-state index in [1.165, 1.54) is 24.0 Å². The molecule has 1 saturated carbocycles. The average Bonchev–Trinajstić information content (AvgIpc) is 3.35. The van der Waals surface area contributed by atoms with E-state index in [2.05, 4.69) is 42.4 Å². The zero-order valence-corrected chi connectivity index (χ0v) is 16.6. The Kier molecular flexibility index (Phi) is 9.55. The lowest BCUT2D eigenvalue weighted by atomic mass is 10.0. The first-order valence-electron chi connectivity index (χ1n) is 8.50. The first kappa shape index (κ1) is 20.2. The van der Waals surface area contributed by atoms with Crippen molar-refractivity contribution in [2.75, 3.05) is 25.1 Å². The molecule has 2 rings (SSSR count). The van der Waals surface area contributed by atoms with E-state index < -0.39 is 0 Å². The van der Waals surface area contributed by atoms with Crippen LogP contribution >= 0.6 is 24.0 Å². The van der Waals surface area contributed by atoms with Gasteiger partial charge in [0.05, 0.1) is 0 Å². The second-order valence-electron chi connectivity index (χ2n) is 5.92. The summed E-state index contributed by atoms with van der Waals surface area (Å²) in [5, 5.41) is 3.29. The highest BCUT2D eigenvalue weighted by molar-refractivity contribution is 14.0. The molecule has 0 aliphatic heterocycles. The van der Waals surface area contributed by atoms with E-state index in [1.54, 1.807) is 0 Å². The zero-order chi connectivity index (χ0) is 15.8. The molecule has 0 heterocycles. The van der Waals surface area contributed by atoms with Gasteiger partial charge in [-0.1, -0.05) is 32.0 Å². The standard InChI is InChI=1S/C18H29N3O.HI/c1-3-15-7-5-8-16(4-2)17(15)21-18(19)20-11-6-12-22-13-14-9-10-14;/h5,7-8,14H,3-4,6,9-13H2,1-2H3,(H3,19,20,21);1H. The summed E-state index contributed by atoms with van der Waals surface area (Å²) in [6.07, 6.45) is 5.57. The highest BCUT2D eigenvalue weighted by Gasteiger charge is 2.20. The minimum atomic E-state index is 0. The number of aryl methyl sites for hydroxylation is 2. The van der Waals surface area contributed by atoms with Crippen LogP contribution in [0, 0.1) is 5.92 Å². The van der Waals surface area contributed by atoms with E-state index in [-0.39, 0.29) is 24.0 Å². The van der Waals surface area contributed by atoms with E-state index in [0.29, 0.717) is 12.5 Å². The maximum Gasteiger partial charge on any atom is 0.193 e. The molecule has 0 unspecified atom stereocenters. The molecule has 3 N–H and O–H groups in total. The number of para-hydroxylation sites is 1. The number of benzene rings is 1. The molecule has 0 bridgehead atoms. The van der Waals surface area contributed by atoms with Crippen LogP contribution in [0.5, 0.6) is 0 Å². The highest BCUT2D eigenvalue weighted by atomic mass is 127. The predicted molar refractivity (Wildman–Crippen MR) is 109 cm³/mol. The number of hydrogen-bond acceptors (Lipinski definition) is 2. The van der Waals surface area contributed by atoms with Crippen molar-refractivity contribution in [2.45, 2.75) is 46.0 Å². The van der Waals surface area contributed by atoms with Crippen LogP contribution in [0.3, 0.4) is 0 Å². The molecule has 4 nitrogen and oxygen atoms in total. The number of nitrogens with one attached hydrogen (secondary N) is 1. The van der Waals surface area contributed by atoms with Gasteiger partial charge >= 0.3 is 0 Å². The molecule has 0 saturated heterocycles. The smallest absolute Gasteiger partial charge is 0.193 e. The number of hydrogen-bond donors (Lipinski definition) is 2. The van der Waals surface area contributed by atoms with Crippen LogP contribution in [0.1, 0.15) is 44.2 Å². The first-order valence-corrected chi connectivity index (χ1v) is 8.50. The van der Waals surface area contributed by atoms with Crippen LogP contribution in [0.2, 0.25) is 0 Å². The fraction of sp³-hybridized carbons (Fsp3) is 0.611. The number of rotatable bonds is 9. The van der Waals surface area contributed by atoms with E-state index >= 15 is 0 Å². The molecule has 130 valence electrons. The van der Waals surface area contributed by atoms with Crippen molar-refractivity contribution >= 4 is 35.6 Å². The van der Waals surface area contributed by atoms with Crippen molar-refractivity contribution in [3.63, 3.8) is 0 Å². The van der Waals surface area contributed by atoms with E-state index in [1.807, 2.05) is 0 Å². The van der Waals surface area contributed by atoms with Gasteiger partial charge in [-0.05, 0) is 49.1 Å². The molecular formula is C18H30IN3O. The number of nitrogens with zero attached hydrogens (tertiary/aromatic N) is 1. The van der Waals surface area contributed by atoms with Gasteiger partial charge in [-0.15, -0.1) is 24.0 Å². The summed E-state index contributed by atoms with van der Waals surface area (Å²) in [5.74, 6) is 1.33. The summed E-state index contributed by atoms with van der Waals surface area (Å²) in [7, 11) is 0. The van der Waals surface area contributed by atoms with Crippen LogP contribution in [-0.2, 0) is 17.6 Å². The number of halogens is 1. The van der Waals surface area contributed by atoms with Crippen LogP contribution in [-0.4, -0.2) is 25.7 Å². The molecule has 1 aliphatic rings. The molecule has 0 radical (unpaired) electrons. The lowest BCUT2D eigenvalue weighted by Crippen LogP contribution is -2.24. The molecule has 1 aromatic carbocycles. The van der Waals surface area contributed by atoms with Crippen molar-refractivity contribution in [3.8, 4) is 0 Å². The number of aliphatic imine (C=N–C) groups is 1. The van der Waals surface area contributed by atoms with Crippen LogP contribution in [0.15, 0.2) is 23.2 Å². The van der Waals surface area contributed by atoms with Crippen molar-refractivity contribution in [1.29, 1.82) is 0 Å². The molecule has 5 heteroatoms. The third-order valence-corrected chi connectivity index (χ3v) is 4.03. The molecule has 1 aromatic rings. The molecule has 0 aromatic heterocycles. The summed E-state index contributed by atoms with van der Waals surface area (Å²) < 4.78 is 5.60. The van der Waals surface area contributed by atoms with Gasteiger partial charge in [0.15, 0.2) is 5.96 Å². The minimum Gasteiger partial charge on any atom is -0.381 e. The Balaban J connectivity index is 0.00000264. The van der Waals surface area contributed by atoms with Crippen LogP contribution in [0.4, 0.5) is 5.69 Å². The third-order valence-electron chi connectivity index (χ3n) is 4.03. The Hall–Kier alpha value is -0.820. The van der Waals surface area contributed by atoms with Crippen molar-refractivity contribution < 1.29 is 4.74 Å². The van der Waals surface area contributed by atoms with Crippen molar-refractivity contribution in [3.05, 3.63) is 29.3 Å². The van der Waals surface area contributed by atoms with Gasteiger partial charge in [-0.3, -0.25) is 4.99 Å². The molecule has 23 heavy (non-hydrogen) atoms. The monoisotopic (exact) mass is 431 g/mol. The zero-order valence-electron chi connectivity index (χ0n) is 14.3. The Morgan fingerprint density at radius 2 is 1.91 bits per heavy atom. The van der Waals surface area contributed by atoms with Gasteiger partial charge in [0, 0.05) is 25.4 Å². The van der Waals surface area contributed by atoms with Crippen molar-refractivity contribution in [1.82, 2.24) is 0 Å². The molecule has 0 amide bonds. The topological polar surface area (TPSA) is 59.6 Å². The second kappa shape index (κ2) is 10.9. The van der Waals surface area contributed by atoms with Gasteiger partial charge in [0.25, 0.3) is 0 Å². The molecular weight excluding hydrogens is 401 g/mol. The molecule has 1 aliphatic carbocycles. The lowest BCUT2D eigenvalue weighted by Gasteiger charge is -2.14. The van der Waals surface area contributed by atoms with Gasteiger partial charge < -0.3 is 15.8 Å². The summed E-state index contributed by atoms with van der Waals surface area (Å²) in [6.45, 7) is 6.72. The van der Waals surface area contributed by atoms with E-state index in [9.17, 15) is 0 Å². The predicted octanol–water partition coefficient (Wildman–Crippen LogP) is 3.97. The number of nitrogens with two attached hydrogens (primary N) is 1. The van der Waals surface area contributed by atoms with E-state index in [0.717, 1.165) is 44.1 Å². The van der Waals surface area contributed by atoms with Gasteiger partial charge in [0.1, 0.15) is 0 Å². The first-order chi connectivity index (χ1) is 10.7. The highest BCUT2D eigenvalue weighted by Crippen LogP contribution is 2.28. The SMILES string of the molecule is CCc1cccc(CC)c1NC(N)=NCCCOCC1CC1.I. The Bertz CT molecular complexity index is 479. The molecule has 0 spiro atoms. The van der Waals surface area contributed by atoms with Crippen LogP contribution in [0.25, 0.3) is 0 Å². The fourth-order valence-corrected chi connectivity index (χ4v) is 2.47. The fourth-order valence-electron chi connectivity index (χ4n) is 2.47. The van der Waals surface area contributed by atoms with Gasteiger partial charge in [-0.2, -0.15) is 0 Å². The quantitative estimate of drug-likeness (QED) is 0.269. The molecule has 0 atom stereocenters. The normalized spacial score (nSPS) is 14.4. The minimum absolute atomic E-state index is 0.